The summed E-state index contributed by atoms with van der Waals surface area (Å²) in [6, 6.07) is 12.9. The first-order valence-electron chi connectivity index (χ1n) is 14.6. The van der Waals surface area contributed by atoms with Crippen molar-refractivity contribution in [2.75, 3.05) is 30.0 Å². The lowest BCUT2D eigenvalue weighted by Crippen LogP contribution is -2.57. The number of aromatic nitrogens is 5. The van der Waals surface area contributed by atoms with Crippen LogP contribution in [0.15, 0.2) is 60.9 Å². The predicted molar refractivity (Wildman–Crippen MR) is 168 cm³/mol. The van der Waals surface area contributed by atoms with Gasteiger partial charge >= 0.3 is 0 Å². The maximum absolute atomic E-state index is 13.9. The molecule has 3 atom stereocenters. The Kier molecular flexibility index (Phi) is 8.54. The van der Waals surface area contributed by atoms with Gasteiger partial charge < -0.3 is 9.64 Å². The number of nitrogens with one attached hydrogen (secondary N) is 1. The van der Waals surface area contributed by atoms with Gasteiger partial charge in [0.05, 0.1) is 12.2 Å². The smallest absolute Gasteiger partial charge is 0.240 e. The standard InChI is InChI=1S/C31H35F2N9OS/c1-5-43-20(4)42-17-23(14-35-42)29-36-26-28(37-31(39-34)38-30(26)44-29)41-16-18(2)40(15-19(41)3)27(21-6-10-24(32)11-7-21)22-8-12-25(33)13-9-22/h6-14,17-20,27H,5,15-16,34H2,1-4H3,(H,37,38,39)/t18-,19+,20?/m1/s1. The maximum Gasteiger partial charge on any atom is 0.240 e. The van der Waals surface area contributed by atoms with Gasteiger partial charge in [-0.2, -0.15) is 15.1 Å². The molecule has 1 aliphatic rings. The molecule has 5 aromatic rings. The largest absolute Gasteiger partial charge is 0.357 e. The molecule has 0 saturated carbocycles. The summed E-state index contributed by atoms with van der Waals surface area (Å²) >= 11 is 1.45. The van der Waals surface area contributed by atoms with Crippen LogP contribution in [0.25, 0.3) is 20.9 Å². The topological polar surface area (TPSA) is 110 Å². The van der Waals surface area contributed by atoms with Crippen molar-refractivity contribution in [3.8, 4) is 10.6 Å². The number of nitrogens with zero attached hydrogens (tertiary/aromatic N) is 7. The van der Waals surface area contributed by atoms with Crippen LogP contribution in [0.1, 0.15) is 51.1 Å². The molecule has 2 aromatic carbocycles. The molecule has 3 N–H and O–H groups in total. The van der Waals surface area contributed by atoms with Crippen molar-refractivity contribution in [3.63, 3.8) is 0 Å². The fraction of sp³-hybridized carbons (Fsp3) is 0.355. The second kappa shape index (κ2) is 12.5. The van der Waals surface area contributed by atoms with Crippen molar-refractivity contribution in [2.24, 2.45) is 5.84 Å². The lowest BCUT2D eigenvalue weighted by molar-refractivity contribution is 0.0160. The zero-order chi connectivity index (χ0) is 31.0. The van der Waals surface area contributed by atoms with E-state index in [0.29, 0.717) is 41.8 Å². The first-order valence-corrected chi connectivity index (χ1v) is 15.4. The van der Waals surface area contributed by atoms with Gasteiger partial charge in [-0.3, -0.25) is 10.3 Å². The summed E-state index contributed by atoms with van der Waals surface area (Å²) in [6.45, 7) is 10.1. The highest BCUT2D eigenvalue weighted by molar-refractivity contribution is 7.21. The van der Waals surface area contributed by atoms with Gasteiger partial charge in [0.2, 0.25) is 5.95 Å². The molecule has 44 heavy (non-hydrogen) atoms. The number of anilines is 2. The minimum atomic E-state index is -0.297. The molecule has 13 heteroatoms. The van der Waals surface area contributed by atoms with Gasteiger partial charge in [0, 0.05) is 43.5 Å². The average Bonchev–Trinajstić information content (AvgIpc) is 3.68. The zero-order valence-corrected chi connectivity index (χ0v) is 25.8. The molecule has 1 aliphatic heterocycles. The second-order valence-corrected chi connectivity index (χ2v) is 12.0. The molecule has 230 valence electrons. The molecule has 6 rings (SSSR count). The molecule has 4 heterocycles. The summed E-state index contributed by atoms with van der Waals surface area (Å²) in [5.74, 6) is 6.20. The van der Waals surface area contributed by atoms with E-state index in [1.807, 2.05) is 20.0 Å². The number of hydrazine groups is 1. The summed E-state index contributed by atoms with van der Waals surface area (Å²) in [7, 11) is 0. The molecule has 1 unspecified atom stereocenters. The highest BCUT2D eigenvalue weighted by Crippen LogP contribution is 2.38. The summed E-state index contributed by atoms with van der Waals surface area (Å²) < 4.78 is 35.2. The number of ether oxygens (including phenoxy) is 1. The van der Waals surface area contributed by atoms with Crippen molar-refractivity contribution in [2.45, 2.75) is 52.0 Å². The van der Waals surface area contributed by atoms with E-state index in [0.717, 1.165) is 21.7 Å². The van der Waals surface area contributed by atoms with Gasteiger partial charge in [-0.25, -0.2) is 24.3 Å². The van der Waals surface area contributed by atoms with E-state index < -0.39 is 0 Å². The number of rotatable bonds is 9. The van der Waals surface area contributed by atoms with Gasteiger partial charge in [-0.1, -0.05) is 35.6 Å². The number of thiazole rings is 1. The van der Waals surface area contributed by atoms with Crippen LogP contribution >= 0.6 is 11.3 Å². The van der Waals surface area contributed by atoms with E-state index in [1.54, 1.807) is 35.1 Å². The third-order valence-electron chi connectivity index (χ3n) is 8.01. The molecule has 0 radical (unpaired) electrons. The third kappa shape index (κ3) is 5.87. The van der Waals surface area contributed by atoms with Crippen LogP contribution < -0.4 is 16.2 Å². The van der Waals surface area contributed by atoms with Crippen LogP contribution in [-0.2, 0) is 4.74 Å². The lowest BCUT2D eigenvalue weighted by Gasteiger charge is -2.48. The van der Waals surface area contributed by atoms with Gasteiger partial charge in [0.15, 0.2) is 10.6 Å². The highest BCUT2D eigenvalue weighted by atomic mass is 32.1. The van der Waals surface area contributed by atoms with Gasteiger partial charge in [-0.05, 0) is 63.1 Å². The summed E-state index contributed by atoms with van der Waals surface area (Å²) in [5, 5.41) is 5.24. The molecule has 0 spiro atoms. The zero-order valence-electron chi connectivity index (χ0n) is 25.0. The number of halogens is 2. The Hall–Kier alpha value is -4.04. The number of nitrogen functional groups attached to an aromatic ring is 1. The fourth-order valence-corrected chi connectivity index (χ4v) is 6.74. The van der Waals surface area contributed by atoms with Gasteiger partial charge in [-0.15, -0.1) is 0 Å². The number of hydrogen-bond acceptors (Lipinski definition) is 10. The Morgan fingerprint density at radius 1 is 0.977 bits per heavy atom. The fourth-order valence-electron chi connectivity index (χ4n) is 5.83. The first-order chi connectivity index (χ1) is 21.2. The second-order valence-electron chi connectivity index (χ2n) is 11.0. The van der Waals surface area contributed by atoms with Crippen molar-refractivity contribution < 1.29 is 13.5 Å². The van der Waals surface area contributed by atoms with Crippen molar-refractivity contribution in [3.05, 3.63) is 83.7 Å². The van der Waals surface area contributed by atoms with E-state index in [4.69, 9.17) is 20.5 Å². The number of piperazine rings is 1. The lowest BCUT2D eigenvalue weighted by atomic mass is 9.93. The highest BCUT2D eigenvalue weighted by Gasteiger charge is 2.36. The van der Waals surface area contributed by atoms with Crippen LogP contribution in [0.2, 0.25) is 0 Å². The van der Waals surface area contributed by atoms with E-state index >= 15 is 0 Å². The van der Waals surface area contributed by atoms with Crippen LogP contribution in [-0.4, -0.2) is 61.4 Å². The number of nitrogens with two attached hydrogens (primary N) is 1. The Morgan fingerprint density at radius 3 is 2.25 bits per heavy atom. The first kappa shape index (κ1) is 30.0. The van der Waals surface area contributed by atoms with E-state index in [2.05, 4.69) is 39.2 Å². The van der Waals surface area contributed by atoms with Gasteiger partial charge in [0.1, 0.15) is 28.4 Å². The molecule has 1 fully saturated rings. The number of hydrogen-bond donors (Lipinski definition) is 2. The van der Waals surface area contributed by atoms with Crippen LogP contribution in [0.3, 0.4) is 0 Å². The van der Waals surface area contributed by atoms with Crippen LogP contribution in [0.5, 0.6) is 0 Å². The summed E-state index contributed by atoms with van der Waals surface area (Å²) in [6.07, 6.45) is 3.50. The Morgan fingerprint density at radius 2 is 1.64 bits per heavy atom. The molecule has 0 bridgehead atoms. The summed E-state index contributed by atoms with van der Waals surface area (Å²) in [4.78, 5) is 19.7. The Bertz CT molecular complexity index is 1680. The predicted octanol–water partition coefficient (Wildman–Crippen LogP) is 5.76. The Labute approximate surface area is 258 Å². The van der Waals surface area contributed by atoms with Crippen molar-refractivity contribution in [1.82, 2.24) is 29.6 Å². The monoisotopic (exact) mass is 619 g/mol. The minimum Gasteiger partial charge on any atom is -0.357 e. The summed E-state index contributed by atoms with van der Waals surface area (Å²) in [5.41, 5.74) is 6.04. The van der Waals surface area contributed by atoms with E-state index in [1.165, 1.54) is 35.6 Å². The van der Waals surface area contributed by atoms with Crippen molar-refractivity contribution >= 4 is 33.5 Å². The van der Waals surface area contributed by atoms with Crippen LogP contribution in [0.4, 0.5) is 20.5 Å². The Balaban J connectivity index is 1.34. The molecular formula is C31H35F2N9OS. The normalized spacial score (nSPS) is 18.3. The van der Waals surface area contributed by atoms with E-state index in [-0.39, 0.29) is 36.0 Å². The number of fused-ring (bicyclic) bond motifs is 1. The molecule has 0 amide bonds. The average molecular weight is 620 g/mol. The third-order valence-corrected chi connectivity index (χ3v) is 9.01. The molecule has 10 nitrogen and oxygen atoms in total. The van der Waals surface area contributed by atoms with Crippen molar-refractivity contribution in [1.29, 1.82) is 0 Å². The molecule has 0 aliphatic carbocycles. The number of benzene rings is 2. The van der Waals surface area contributed by atoms with Gasteiger partial charge in [0.25, 0.3) is 0 Å². The quantitative estimate of drug-likeness (QED) is 0.157. The molecule has 1 saturated heterocycles. The van der Waals surface area contributed by atoms with E-state index in [9.17, 15) is 8.78 Å². The maximum atomic E-state index is 13.9. The SMILES string of the molecule is CCOC(C)n1cc(-c2nc3c(N4C[C@@H](C)N(C(c5ccc(F)cc5)c5ccc(F)cc5)C[C@@H]4C)nc(NN)nc3s2)cn1. The molecule has 3 aromatic heterocycles. The minimum absolute atomic E-state index is 0.0123. The molecular weight excluding hydrogens is 584 g/mol. The van der Waals surface area contributed by atoms with Crippen LogP contribution in [0, 0.1) is 11.6 Å².